The molecule has 4 nitrogen and oxygen atoms in total. The molecule has 0 fully saturated rings. The summed E-state index contributed by atoms with van der Waals surface area (Å²) in [6.07, 6.45) is 0. The molecule has 0 bridgehead atoms. The highest BCUT2D eigenvalue weighted by molar-refractivity contribution is 6.08. The van der Waals surface area contributed by atoms with Crippen LogP contribution in [0.15, 0.2) is 59.1 Å². The van der Waals surface area contributed by atoms with Gasteiger partial charge in [0.1, 0.15) is 22.8 Å². The summed E-state index contributed by atoms with van der Waals surface area (Å²) in [7, 11) is 0. The number of anilines is 1. The molecule has 110 valence electrons. The summed E-state index contributed by atoms with van der Waals surface area (Å²) in [5.41, 5.74) is 2.16. The normalized spacial score (nSPS) is 10.5. The van der Waals surface area contributed by atoms with Crippen LogP contribution in [0.25, 0.3) is 11.3 Å². The van der Waals surface area contributed by atoms with Crippen LogP contribution in [0.1, 0.15) is 16.1 Å². The number of carbonyl (C=O) groups excluding carboxylic acids is 1. The van der Waals surface area contributed by atoms with Gasteiger partial charge in [0.25, 0.3) is 5.91 Å². The molecule has 1 aromatic heterocycles. The van der Waals surface area contributed by atoms with Crippen molar-refractivity contribution in [3.05, 3.63) is 71.7 Å². The van der Waals surface area contributed by atoms with E-state index in [0.717, 1.165) is 5.56 Å². The number of benzene rings is 2. The van der Waals surface area contributed by atoms with Crippen molar-refractivity contribution in [2.45, 2.75) is 6.92 Å². The lowest BCUT2D eigenvalue weighted by Gasteiger charge is -2.05. The molecule has 0 aliphatic rings. The molecule has 2 aromatic carbocycles. The van der Waals surface area contributed by atoms with E-state index in [1.807, 2.05) is 30.3 Å². The molecule has 3 aromatic rings. The monoisotopic (exact) mass is 296 g/mol. The highest BCUT2D eigenvalue weighted by Crippen LogP contribution is 2.25. The fourth-order valence-corrected chi connectivity index (χ4v) is 2.16. The van der Waals surface area contributed by atoms with Gasteiger partial charge in [-0.1, -0.05) is 35.5 Å². The minimum absolute atomic E-state index is 0.343. The number of rotatable bonds is 3. The predicted molar refractivity (Wildman–Crippen MR) is 81.0 cm³/mol. The van der Waals surface area contributed by atoms with Crippen LogP contribution in [0.3, 0.4) is 0 Å². The SMILES string of the molecule is Cc1onc(-c2ccccc2)c1C(=O)Nc1ccc(F)cc1. The average Bonchev–Trinajstić information content (AvgIpc) is 2.92. The number of nitrogens with one attached hydrogen (secondary N) is 1. The Balaban J connectivity index is 1.93. The van der Waals surface area contributed by atoms with Crippen molar-refractivity contribution in [3.63, 3.8) is 0 Å². The number of aryl methyl sites for hydroxylation is 1. The number of aromatic nitrogens is 1. The van der Waals surface area contributed by atoms with E-state index in [0.29, 0.717) is 22.7 Å². The number of hydrogen-bond acceptors (Lipinski definition) is 3. The molecule has 0 spiro atoms. The van der Waals surface area contributed by atoms with Gasteiger partial charge in [-0.25, -0.2) is 4.39 Å². The fraction of sp³-hybridized carbons (Fsp3) is 0.0588. The summed E-state index contributed by atoms with van der Waals surface area (Å²) in [6, 6.07) is 14.9. The Morgan fingerprint density at radius 2 is 1.77 bits per heavy atom. The van der Waals surface area contributed by atoms with E-state index in [4.69, 9.17) is 4.52 Å². The quantitative estimate of drug-likeness (QED) is 0.793. The molecule has 1 amide bonds. The van der Waals surface area contributed by atoms with Gasteiger partial charge < -0.3 is 9.84 Å². The van der Waals surface area contributed by atoms with Crippen LogP contribution >= 0.6 is 0 Å². The third-order valence-corrected chi connectivity index (χ3v) is 3.24. The van der Waals surface area contributed by atoms with Gasteiger partial charge in [-0.15, -0.1) is 0 Å². The zero-order valence-electron chi connectivity index (χ0n) is 11.8. The zero-order valence-corrected chi connectivity index (χ0v) is 11.8. The predicted octanol–water partition coefficient (Wildman–Crippen LogP) is 4.04. The Morgan fingerprint density at radius 3 is 2.45 bits per heavy atom. The average molecular weight is 296 g/mol. The summed E-state index contributed by atoms with van der Waals surface area (Å²) in [5.74, 6) is -0.271. The van der Waals surface area contributed by atoms with Crippen molar-refractivity contribution in [1.29, 1.82) is 0 Å². The van der Waals surface area contributed by atoms with E-state index in [-0.39, 0.29) is 11.7 Å². The van der Waals surface area contributed by atoms with Crippen molar-refractivity contribution >= 4 is 11.6 Å². The third kappa shape index (κ3) is 2.74. The van der Waals surface area contributed by atoms with Gasteiger partial charge in [0, 0.05) is 11.3 Å². The lowest BCUT2D eigenvalue weighted by Crippen LogP contribution is -2.13. The lowest BCUT2D eigenvalue weighted by molar-refractivity contribution is 0.102. The second kappa shape index (κ2) is 5.81. The van der Waals surface area contributed by atoms with Gasteiger partial charge >= 0.3 is 0 Å². The standard InChI is InChI=1S/C17H13FN2O2/c1-11-15(16(20-22-11)12-5-3-2-4-6-12)17(21)19-14-9-7-13(18)8-10-14/h2-10H,1H3,(H,19,21). The molecule has 1 heterocycles. The number of hydrogen-bond donors (Lipinski definition) is 1. The first-order valence-electron chi connectivity index (χ1n) is 6.74. The minimum atomic E-state index is -0.357. The molecular formula is C17H13FN2O2. The largest absolute Gasteiger partial charge is 0.360 e. The van der Waals surface area contributed by atoms with Crippen molar-refractivity contribution in [1.82, 2.24) is 5.16 Å². The highest BCUT2D eigenvalue weighted by atomic mass is 19.1. The molecule has 0 saturated carbocycles. The van der Waals surface area contributed by atoms with Gasteiger partial charge in [0.2, 0.25) is 0 Å². The summed E-state index contributed by atoms with van der Waals surface area (Å²) < 4.78 is 18.1. The van der Waals surface area contributed by atoms with Crippen LogP contribution in [0.5, 0.6) is 0 Å². The van der Waals surface area contributed by atoms with Crippen LogP contribution in [0, 0.1) is 12.7 Å². The Bertz CT molecular complexity index is 795. The van der Waals surface area contributed by atoms with Crippen LogP contribution < -0.4 is 5.32 Å². The second-order valence-corrected chi connectivity index (χ2v) is 4.79. The number of amides is 1. The molecule has 0 radical (unpaired) electrons. The lowest BCUT2D eigenvalue weighted by atomic mass is 10.1. The molecule has 0 aliphatic heterocycles. The van der Waals surface area contributed by atoms with Crippen LogP contribution in [-0.4, -0.2) is 11.1 Å². The van der Waals surface area contributed by atoms with Crippen molar-refractivity contribution in [2.24, 2.45) is 0 Å². The van der Waals surface area contributed by atoms with Crippen molar-refractivity contribution in [2.75, 3.05) is 5.32 Å². The van der Waals surface area contributed by atoms with Gasteiger partial charge in [0.05, 0.1) is 0 Å². The molecule has 0 unspecified atom stereocenters. The molecule has 0 saturated heterocycles. The molecular weight excluding hydrogens is 283 g/mol. The first-order chi connectivity index (χ1) is 10.6. The number of halogens is 1. The van der Waals surface area contributed by atoms with Gasteiger partial charge in [0.15, 0.2) is 0 Å². The fourth-order valence-electron chi connectivity index (χ4n) is 2.16. The van der Waals surface area contributed by atoms with E-state index < -0.39 is 0 Å². The maximum atomic E-state index is 12.9. The molecule has 22 heavy (non-hydrogen) atoms. The number of carbonyl (C=O) groups is 1. The molecule has 0 atom stereocenters. The van der Waals surface area contributed by atoms with E-state index in [9.17, 15) is 9.18 Å². The van der Waals surface area contributed by atoms with Gasteiger partial charge in [-0.2, -0.15) is 0 Å². The van der Waals surface area contributed by atoms with Crippen LogP contribution in [0.4, 0.5) is 10.1 Å². The van der Waals surface area contributed by atoms with E-state index in [1.165, 1.54) is 24.3 Å². The second-order valence-electron chi connectivity index (χ2n) is 4.79. The first kappa shape index (κ1) is 14.0. The topological polar surface area (TPSA) is 55.1 Å². The molecule has 1 N–H and O–H groups in total. The van der Waals surface area contributed by atoms with E-state index in [1.54, 1.807) is 6.92 Å². The zero-order chi connectivity index (χ0) is 15.5. The smallest absolute Gasteiger partial charge is 0.261 e. The Morgan fingerprint density at radius 1 is 1.09 bits per heavy atom. The molecule has 0 aliphatic carbocycles. The summed E-state index contributed by atoms with van der Waals surface area (Å²) in [5, 5.41) is 6.68. The first-order valence-corrected chi connectivity index (χ1v) is 6.74. The van der Waals surface area contributed by atoms with E-state index >= 15 is 0 Å². The number of nitrogens with zero attached hydrogens (tertiary/aromatic N) is 1. The summed E-state index contributed by atoms with van der Waals surface area (Å²) in [6.45, 7) is 1.68. The van der Waals surface area contributed by atoms with Crippen LogP contribution in [-0.2, 0) is 0 Å². The van der Waals surface area contributed by atoms with Gasteiger partial charge in [-0.05, 0) is 31.2 Å². The Hall–Kier alpha value is -2.95. The maximum absolute atomic E-state index is 12.9. The summed E-state index contributed by atoms with van der Waals surface area (Å²) in [4.78, 5) is 12.5. The third-order valence-electron chi connectivity index (χ3n) is 3.24. The maximum Gasteiger partial charge on any atom is 0.261 e. The van der Waals surface area contributed by atoms with Gasteiger partial charge in [-0.3, -0.25) is 4.79 Å². The molecule has 3 rings (SSSR count). The molecule has 5 heteroatoms. The highest BCUT2D eigenvalue weighted by Gasteiger charge is 2.21. The Labute approximate surface area is 126 Å². The van der Waals surface area contributed by atoms with E-state index in [2.05, 4.69) is 10.5 Å². The van der Waals surface area contributed by atoms with Crippen molar-refractivity contribution in [3.8, 4) is 11.3 Å². The summed E-state index contributed by atoms with van der Waals surface area (Å²) >= 11 is 0. The van der Waals surface area contributed by atoms with Crippen molar-refractivity contribution < 1.29 is 13.7 Å². The minimum Gasteiger partial charge on any atom is -0.360 e. The van der Waals surface area contributed by atoms with Crippen LogP contribution in [0.2, 0.25) is 0 Å². The Kier molecular flexibility index (Phi) is 3.70.